The van der Waals surface area contributed by atoms with Crippen LogP contribution in [0, 0.1) is 5.92 Å². The third-order valence-electron chi connectivity index (χ3n) is 6.48. The number of nitrogens with one attached hydrogen (secondary N) is 2. The zero-order valence-corrected chi connectivity index (χ0v) is 16.1. The van der Waals surface area contributed by atoms with Gasteiger partial charge in [0.15, 0.2) is 5.78 Å². The second kappa shape index (κ2) is 6.16. The predicted molar refractivity (Wildman–Crippen MR) is 112 cm³/mol. The molecule has 6 nitrogen and oxygen atoms in total. The smallest absolute Gasteiger partial charge is 0.238 e. The van der Waals surface area contributed by atoms with Gasteiger partial charge in [0.05, 0.1) is 11.4 Å². The van der Waals surface area contributed by atoms with Gasteiger partial charge in [-0.25, -0.2) is 0 Å². The summed E-state index contributed by atoms with van der Waals surface area (Å²) >= 11 is 0. The normalized spacial score (nSPS) is 20.8. The highest BCUT2D eigenvalue weighted by molar-refractivity contribution is 6.24. The molecule has 30 heavy (non-hydrogen) atoms. The highest BCUT2D eigenvalue weighted by atomic mass is 16.2. The average molecular weight is 397 g/mol. The first kappa shape index (κ1) is 17.2. The molecule has 2 atom stereocenters. The molecule has 0 unspecified atom stereocenters. The van der Waals surface area contributed by atoms with Crippen LogP contribution in [0.1, 0.15) is 33.8 Å². The number of aromatic amines is 1. The van der Waals surface area contributed by atoms with E-state index in [1.54, 1.807) is 6.20 Å². The van der Waals surface area contributed by atoms with Crippen molar-refractivity contribution in [3.63, 3.8) is 0 Å². The topological polar surface area (TPSA) is 84.0 Å². The largest absolute Gasteiger partial charge is 0.361 e. The highest BCUT2D eigenvalue weighted by Gasteiger charge is 2.48. The molecular weight excluding hydrogens is 378 g/mol. The van der Waals surface area contributed by atoms with Gasteiger partial charge in [0.1, 0.15) is 5.92 Å². The van der Waals surface area contributed by atoms with Gasteiger partial charge in [0, 0.05) is 40.8 Å². The maximum Gasteiger partial charge on any atom is 0.238 e. The Morgan fingerprint density at radius 3 is 2.73 bits per heavy atom. The fraction of sp³-hybridized carbons (Fsp3) is 0.208. The Morgan fingerprint density at radius 2 is 1.83 bits per heavy atom. The average Bonchev–Trinajstić information content (AvgIpc) is 3.42. The first-order valence-electron chi connectivity index (χ1n) is 10.2. The number of aromatic nitrogens is 2. The van der Waals surface area contributed by atoms with Crippen molar-refractivity contribution in [1.29, 1.82) is 0 Å². The Morgan fingerprint density at radius 1 is 1.00 bits per heavy atom. The number of Topliss-reactive ketones (excluding diaryl/α,β-unsaturated/α-hetero) is 1. The van der Waals surface area contributed by atoms with Crippen molar-refractivity contribution < 1.29 is 14.4 Å². The number of carbonyl (C=O) groups excluding carboxylic acids is 3. The van der Waals surface area contributed by atoms with Crippen LogP contribution >= 0.6 is 0 Å². The van der Waals surface area contributed by atoms with E-state index >= 15 is 0 Å². The Balaban J connectivity index is 1.50. The zero-order chi connectivity index (χ0) is 20.4. The van der Waals surface area contributed by atoms with Crippen LogP contribution in [0.15, 0.2) is 54.9 Å². The van der Waals surface area contributed by atoms with Crippen molar-refractivity contribution in [3.05, 3.63) is 71.5 Å². The molecule has 0 radical (unpaired) electrons. The monoisotopic (exact) mass is 397 g/mol. The molecule has 2 aliphatic rings. The molecule has 0 bridgehead atoms. The summed E-state index contributed by atoms with van der Waals surface area (Å²) in [5, 5.41) is 4.11. The van der Waals surface area contributed by atoms with Crippen molar-refractivity contribution in [3.8, 4) is 0 Å². The van der Waals surface area contributed by atoms with Crippen molar-refractivity contribution >= 4 is 39.4 Å². The lowest BCUT2D eigenvalue weighted by molar-refractivity contribution is -0.125. The van der Waals surface area contributed by atoms with E-state index in [2.05, 4.69) is 20.9 Å². The van der Waals surface area contributed by atoms with Gasteiger partial charge in [-0.15, -0.1) is 0 Å². The molecule has 4 aromatic rings. The third-order valence-corrected chi connectivity index (χ3v) is 6.48. The number of nitrogens with zero attached hydrogens (tertiary/aromatic N) is 1. The summed E-state index contributed by atoms with van der Waals surface area (Å²) in [5.74, 6) is -3.14. The molecule has 2 aliphatic heterocycles. The molecule has 1 fully saturated rings. The van der Waals surface area contributed by atoms with E-state index < -0.39 is 23.7 Å². The number of rotatable bonds is 3. The Kier molecular flexibility index (Phi) is 3.53. The van der Waals surface area contributed by atoms with E-state index in [9.17, 15) is 14.4 Å². The zero-order valence-electron chi connectivity index (χ0n) is 16.1. The number of imide groups is 1. The summed E-state index contributed by atoms with van der Waals surface area (Å²) in [6.07, 6.45) is 5.60. The molecule has 1 saturated heterocycles. The molecule has 0 spiro atoms. The quantitative estimate of drug-likeness (QED) is 0.316. The van der Waals surface area contributed by atoms with Gasteiger partial charge in [0.2, 0.25) is 11.8 Å². The molecule has 0 aliphatic carbocycles. The van der Waals surface area contributed by atoms with Crippen LogP contribution in [0.3, 0.4) is 0 Å². The fourth-order valence-electron chi connectivity index (χ4n) is 5.14. The van der Waals surface area contributed by atoms with Crippen molar-refractivity contribution in [2.24, 2.45) is 5.92 Å². The van der Waals surface area contributed by atoms with E-state index in [0.717, 1.165) is 41.2 Å². The van der Waals surface area contributed by atoms with Crippen LogP contribution in [0.5, 0.6) is 0 Å². The second-order valence-electron chi connectivity index (χ2n) is 8.12. The van der Waals surface area contributed by atoms with Gasteiger partial charge < -0.3 is 9.55 Å². The van der Waals surface area contributed by atoms with Gasteiger partial charge in [0.25, 0.3) is 0 Å². The molecule has 148 valence electrons. The van der Waals surface area contributed by atoms with Crippen LogP contribution < -0.4 is 5.32 Å². The predicted octanol–water partition coefficient (Wildman–Crippen LogP) is 3.31. The van der Waals surface area contributed by atoms with Crippen LogP contribution in [0.25, 0.3) is 21.8 Å². The second-order valence-corrected chi connectivity index (χ2v) is 8.12. The minimum atomic E-state index is -1.07. The molecule has 2 amide bonds. The number of carbonyl (C=O) groups is 3. The summed E-state index contributed by atoms with van der Waals surface area (Å²) < 4.78 is 2.11. The summed E-state index contributed by atoms with van der Waals surface area (Å²) in [6, 6.07) is 13.6. The summed E-state index contributed by atoms with van der Waals surface area (Å²) in [6.45, 7) is 0.850. The molecule has 2 aromatic carbocycles. The first-order chi connectivity index (χ1) is 14.6. The van der Waals surface area contributed by atoms with Crippen molar-refractivity contribution in [2.75, 3.05) is 0 Å². The number of para-hydroxylation sites is 2. The van der Waals surface area contributed by atoms with Crippen molar-refractivity contribution in [2.45, 2.75) is 25.3 Å². The van der Waals surface area contributed by atoms with Gasteiger partial charge in [-0.1, -0.05) is 36.4 Å². The van der Waals surface area contributed by atoms with E-state index in [4.69, 9.17) is 0 Å². The van der Waals surface area contributed by atoms with E-state index in [-0.39, 0.29) is 5.78 Å². The summed E-state index contributed by atoms with van der Waals surface area (Å²) in [7, 11) is 0. The Labute approximate surface area is 171 Å². The maximum absolute atomic E-state index is 13.7. The standard InChI is InChI=1S/C24H19N3O3/c28-22(17-12-27-10-4-6-13-5-3-8-15(17)21(13)27)20-19(23(29)26-24(20)30)16-11-25-18-9-2-1-7-14(16)18/h1-3,5,7-9,11-12,19-20,25H,4,6,10H2,(H,26,29,30)/t19-,20-/m0/s1. The number of hydrogen-bond donors (Lipinski definition) is 2. The summed E-state index contributed by atoms with van der Waals surface area (Å²) in [5.41, 5.74) is 4.37. The number of fused-ring (bicyclic) bond motifs is 1. The van der Waals surface area contributed by atoms with Gasteiger partial charge >= 0.3 is 0 Å². The molecular formula is C24H19N3O3. The number of ketones is 1. The molecule has 6 rings (SSSR count). The number of benzene rings is 2. The Hall–Kier alpha value is -3.67. The maximum atomic E-state index is 13.7. The van der Waals surface area contributed by atoms with Gasteiger partial charge in [-0.2, -0.15) is 0 Å². The minimum absolute atomic E-state index is 0.295. The van der Waals surface area contributed by atoms with Gasteiger partial charge in [-0.3, -0.25) is 19.7 Å². The molecule has 2 N–H and O–H groups in total. The lowest BCUT2D eigenvalue weighted by Crippen LogP contribution is -2.27. The number of hydrogen-bond acceptors (Lipinski definition) is 3. The van der Waals surface area contributed by atoms with Crippen molar-refractivity contribution in [1.82, 2.24) is 14.9 Å². The number of aryl methyl sites for hydroxylation is 2. The van der Waals surface area contributed by atoms with E-state index in [1.165, 1.54) is 5.56 Å². The third kappa shape index (κ3) is 2.27. The van der Waals surface area contributed by atoms with E-state index in [1.807, 2.05) is 42.6 Å². The lowest BCUT2D eigenvalue weighted by Gasteiger charge is -2.14. The van der Waals surface area contributed by atoms with E-state index in [0.29, 0.717) is 11.1 Å². The molecule has 2 aromatic heterocycles. The van der Waals surface area contributed by atoms with Crippen LogP contribution in [0.2, 0.25) is 0 Å². The minimum Gasteiger partial charge on any atom is -0.361 e. The number of amides is 2. The molecule has 4 heterocycles. The molecule has 0 saturated carbocycles. The number of H-pyrrole nitrogens is 1. The summed E-state index contributed by atoms with van der Waals surface area (Å²) in [4.78, 5) is 42.4. The van der Waals surface area contributed by atoms with Crippen LogP contribution in [-0.2, 0) is 22.6 Å². The lowest BCUT2D eigenvalue weighted by atomic mass is 9.82. The SMILES string of the molecule is O=C1NC(=O)[C@@H](c2c[nH]c3ccccc23)[C@H]1C(=O)c1cn2c3c(cccc13)CCC2. The fourth-order valence-corrected chi connectivity index (χ4v) is 5.14. The van der Waals surface area contributed by atoms with Crippen LogP contribution in [0.4, 0.5) is 0 Å². The highest BCUT2D eigenvalue weighted by Crippen LogP contribution is 2.38. The Bertz CT molecular complexity index is 1380. The molecule has 6 heteroatoms. The first-order valence-corrected chi connectivity index (χ1v) is 10.2. The van der Waals surface area contributed by atoms with Crippen LogP contribution in [-0.4, -0.2) is 27.1 Å². The van der Waals surface area contributed by atoms with Gasteiger partial charge in [-0.05, 0) is 30.0 Å².